The van der Waals surface area contributed by atoms with E-state index in [9.17, 15) is 31.4 Å². The zero-order valence-electron chi connectivity index (χ0n) is 15.6. The van der Waals surface area contributed by atoms with Crippen molar-refractivity contribution in [2.45, 2.75) is 84.7 Å². The second-order valence-electron chi connectivity index (χ2n) is 8.98. The van der Waals surface area contributed by atoms with Crippen LogP contribution in [0.5, 0.6) is 0 Å². The van der Waals surface area contributed by atoms with E-state index >= 15 is 0 Å². The van der Waals surface area contributed by atoms with Crippen LogP contribution in [-0.4, -0.2) is 23.1 Å². The molecule has 1 nitrogen and oxygen atoms in total. The summed E-state index contributed by atoms with van der Waals surface area (Å²) in [4.78, 5) is 0. The summed E-state index contributed by atoms with van der Waals surface area (Å²) >= 11 is 0. The second-order valence-corrected chi connectivity index (χ2v) is 8.98. The molecule has 7 heteroatoms. The van der Waals surface area contributed by atoms with E-state index in [0.29, 0.717) is 5.92 Å². The summed E-state index contributed by atoms with van der Waals surface area (Å²) < 4.78 is 78.2. The summed E-state index contributed by atoms with van der Waals surface area (Å²) in [6.45, 7) is 10.3. The van der Waals surface area contributed by atoms with Crippen LogP contribution in [0.2, 0.25) is 0 Å². The molecular formula is C18H30F6O. The maximum absolute atomic E-state index is 13.0. The van der Waals surface area contributed by atoms with Crippen LogP contribution in [0.1, 0.15) is 66.7 Å². The molecule has 0 radical (unpaired) electrons. The van der Waals surface area contributed by atoms with Crippen molar-refractivity contribution in [2.24, 2.45) is 29.1 Å². The molecule has 0 spiro atoms. The molecule has 1 unspecified atom stereocenters. The molecule has 1 N–H and O–H groups in total. The summed E-state index contributed by atoms with van der Waals surface area (Å²) in [7, 11) is 0. The summed E-state index contributed by atoms with van der Waals surface area (Å²) in [6, 6.07) is 0. The summed E-state index contributed by atoms with van der Waals surface area (Å²) in [6.07, 6.45) is -10.5. The van der Waals surface area contributed by atoms with Gasteiger partial charge in [0.1, 0.15) is 0 Å². The molecule has 1 atom stereocenters. The number of hydrogen-bond acceptors (Lipinski definition) is 1. The standard InChI is InChI=1S/C18H30F6O/c1-11(2)10-14(15(3,4)5)12-6-8-13(9-7-12)16(25,17(19,20)21)18(22,23)24/h11-14,25H,6-10H2,1-5H3. The minimum absolute atomic E-state index is 0.0634. The second kappa shape index (κ2) is 7.28. The van der Waals surface area contributed by atoms with Gasteiger partial charge in [-0.1, -0.05) is 34.6 Å². The largest absolute Gasteiger partial charge is 0.426 e. The van der Waals surface area contributed by atoms with Crippen LogP contribution in [0.3, 0.4) is 0 Å². The van der Waals surface area contributed by atoms with Crippen LogP contribution in [-0.2, 0) is 0 Å². The molecule has 1 rings (SSSR count). The first-order valence-electron chi connectivity index (χ1n) is 8.87. The first-order chi connectivity index (χ1) is 11.0. The van der Waals surface area contributed by atoms with Crippen LogP contribution in [0.25, 0.3) is 0 Å². The van der Waals surface area contributed by atoms with Crippen LogP contribution < -0.4 is 0 Å². The van der Waals surface area contributed by atoms with Crippen molar-refractivity contribution in [1.29, 1.82) is 0 Å². The topological polar surface area (TPSA) is 20.2 Å². The zero-order valence-corrected chi connectivity index (χ0v) is 15.6. The molecule has 0 amide bonds. The van der Waals surface area contributed by atoms with Gasteiger partial charge in [0.15, 0.2) is 0 Å². The van der Waals surface area contributed by atoms with Gasteiger partial charge in [-0.2, -0.15) is 26.3 Å². The van der Waals surface area contributed by atoms with Gasteiger partial charge in [-0.05, 0) is 55.3 Å². The molecule has 1 fully saturated rings. The Morgan fingerprint density at radius 1 is 0.840 bits per heavy atom. The van der Waals surface area contributed by atoms with Gasteiger partial charge < -0.3 is 5.11 Å². The van der Waals surface area contributed by atoms with Gasteiger partial charge >= 0.3 is 12.4 Å². The molecule has 0 aromatic carbocycles. The third kappa shape index (κ3) is 4.83. The number of halogens is 6. The molecule has 0 aromatic rings. The lowest BCUT2D eigenvalue weighted by Crippen LogP contribution is -2.62. The predicted octanol–water partition coefficient (Wildman–Crippen LogP) is 6.36. The molecule has 0 aliphatic heterocycles. The molecule has 150 valence electrons. The highest BCUT2D eigenvalue weighted by Gasteiger charge is 2.73. The van der Waals surface area contributed by atoms with E-state index in [2.05, 4.69) is 34.6 Å². The smallest absolute Gasteiger partial charge is 0.373 e. The normalized spacial score (nSPS) is 25.3. The van der Waals surface area contributed by atoms with Gasteiger partial charge in [-0.3, -0.25) is 0 Å². The van der Waals surface area contributed by atoms with Crippen molar-refractivity contribution in [2.75, 3.05) is 0 Å². The van der Waals surface area contributed by atoms with E-state index in [1.165, 1.54) is 0 Å². The fourth-order valence-electron chi connectivity index (χ4n) is 4.32. The lowest BCUT2D eigenvalue weighted by molar-refractivity contribution is -0.387. The van der Waals surface area contributed by atoms with Gasteiger partial charge in [0.25, 0.3) is 5.60 Å². The quantitative estimate of drug-likeness (QED) is 0.566. The molecule has 0 heterocycles. The first kappa shape index (κ1) is 22.6. The number of rotatable bonds is 4. The predicted molar refractivity (Wildman–Crippen MR) is 84.9 cm³/mol. The van der Waals surface area contributed by atoms with Crippen LogP contribution >= 0.6 is 0 Å². The van der Waals surface area contributed by atoms with Crippen LogP contribution in [0.4, 0.5) is 26.3 Å². The third-order valence-electron chi connectivity index (χ3n) is 5.63. The average Bonchev–Trinajstić information content (AvgIpc) is 2.40. The van der Waals surface area contributed by atoms with E-state index in [1.54, 1.807) is 0 Å². The SMILES string of the molecule is CC(C)CC(C1CCC(C(O)(C(F)(F)F)C(F)(F)F)CC1)C(C)(C)C. The summed E-state index contributed by atoms with van der Waals surface area (Å²) in [5.74, 6) is -1.10. The minimum atomic E-state index is -5.72. The first-order valence-corrected chi connectivity index (χ1v) is 8.87. The van der Waals surface area contributed by atoms with Crippen LogP contribution in [0, 0.1) is 29.1 Å². The molecule has 0 saturated heterocycles. The Bertz CT molecular complexity index is 410. The number of hydrogen-bond donors (Lipinski definition) is 1. The fraction of sp³-hybridized carbons (Fsp3) is 1.00. The highest BCUT2D eigenvalue weighted by atomic mass is 19.4. The molecule has 25 heavy (non-hydrogen) atoms. The lowest BCUT2D eigenvalue weighted by Gasteiger charge is -2.45. The van der Waals surface area contributed by atoms with Gasteiger partial charge in [0, 0.05) is 5.92 Å². The van der Waals surface area contributed by atoms with Crippen molar-refractivity contribution in [3.8, 4) is 0 Å². The monoisotopic (exact) mass is 376 g/mol. The number of aliphatic hydroxyl groups is 1. The van der Waals surface area contributed by atoms with Crippen molar-refractivity contribution in [1.82, 2.24) is 0 Å². The lowest BCUT2D eigenvalue weighted by atomic mass is 9.62. The highest BCUT2D eigenvalue weighted by Crippen LogP contribution is 2.54. The molecule has 1 aliphatic rings. The maximum atomic E-state index is 13.0. The Balaban J connectivity index is 2.96. The molecular weight excluding hydrogens is 346 g/mol. The van der Waals surface area contributed by atoms with E-state index < -0.39 is 23.9 Å². The van der Waals surface area contributed by atoms with E-state index in [-0.39, 0.29) is 42.9 Å². The van der Waals surface area contributed by atoms with E-state index in [4.69, 9.17) is 0 Å². The van der Waals surface area contributed by atoms with E-state index in [0.717, 1.165) is 6.42 Å². The Kier molecular flexibility index (Phi) is 6.57. The summed E-state index contributed by atoms with van der Waals surface area (Å²) in [5.41, 5.74) is -4.67. The number of alkyl halides is 6. The highest BCUT2D eigenvalue weighted by molar-refractivity contribution is 5.01. The Labute approximate surface area is 146 Å². The van der Waals surface area contributed by atoms with E-state index in [1.807, 2.05) is 0 Å². The molecule has 0 bridgehead atoms. The summed E-state index contributed by atoms with van der Waals surface area (Å²) in [5, 5.41) is 9.59. The fourth-order valence-corrected chi connectivity index (χ4v) is 4.32. The maximum Gasteiger partial charge on any atom is 0.426 e. The van der Waals surface area contributed by atoms with Crippen molar-refractivity contribution >= 4 is 0 Å². The Hall–Kier alpha value is -0.460. The molecule has 1 aliphatic carbocycles. The van der Waals surface area contributed by atoms with Gasteiger partial charge in [0.05, 0.1) is 0 Å². The van der Waals surface area contributed by atoms with Gasteiger partial charge in [0.2, 0.25) is 0 Å². The van der Waals surface area contributed by atoms with Crippen molar-refractivity contribution in [3.63, 3.8) is 0 Å². The Morgan fingerprint density at radius 3 is 1.52 bits per heavy atom. The van der Waals surface area contributed by atoms with Gasteiger partial charge in [-0.25, -0.2) is 0 Å². The average molecular weight is 376 g/mol. The molecule has 0 aromatic heterocycles. The zero-order chi connectivity index (χ0) is 19.8. The minimum Gasteiger partial charge on any atom is -0.373 e. The third-order valence-corrected chi connectivity index (χ3v) is 5.63. The van der Waals surface area contributed by atoms with Crippen molar-refractivity contribution < 1.29 is 31.4 Å². The Morgan fingerprint density at radius 2 is 1.24 bits per heavy atom. The van der Waals surface area contributed by atoms with Crippen LogP contribution in [0.15, 0.2) is 0 Å². The molecule has 1 saturated carbocycles. The van der Waals surface area contributed by atoms with Gasteiger partial charge in [-0.15, -0.1) is 0 Å². The van der Waals surface area contributed by atoms with Crippen molar-refractivity contribution in [3.05, 3.63) is 0 Å².